The number of amides is 1. The van der Waals surface area contributed by atoms with Crippen LogP contribution in [-0.2, 0) is 16.9 Å². The third-order valence-electron chi connectivity index (χ3n) is 7.58. The van der Waals surface area contributed by atoms with E-state index in [1.54, 1.807) is 11.0 Å². The Balaban J connectivity index is 1.61. The molecule has 3 aliphatic heterocycles. The molecule has 0 unspecified atom stereocenters. The second kappa shape index (κ2) is 8.56. The van der Waals surface area contributed by atoms with Gasteiger partial charge in [-0.1, -0.05) is 6.07 Å². The van der Waals surface area contributed by atoms with E-state index in [4.69, 9.17) is 14.5 Å². The van der Waals surface area contributed by atoms with Crippen molar-refractivity contribution in [2.24, 2.45) is 0 Å². The van der Waals surface area contributed by atoms with Crippen molar-refractivity contribution >= 4 is 6.09 Å². The van der Waals surface area contributed by atoms with Crippen LogP contribution in [0, 0.1) is 5.82 Å². The quantitative estimate of drug-likeness (QED) is 0.698. The predicted octanol–water partition coefficient (Wildman–Crippen LogP) is 4.79. The molecule has 0 saturated carbocycles. The van der Waals surface area contributed by atoms with E-state index in [1.165, 1.54) is 6.07 Å². The van der Waals surface area contributed by atoms with Crippen molar-refractivity contribution in [2.75, 3.05) is 26.2 Å². The second-order valence-corrected chi connectivity index (χ2v) is 10.3. The lowest BCUT2D eigenvalue weighted by Gasteiger charge is -2.44. The molecular weight excluding hydrogens is 435 g/mol. The highest BCUT2D eigenvalue weighted by Crippen LogP contribution is 2.51. The van der Waals surface area contributed by atoms with Crippen LogP contribution in [0.2, 0.25) is 0 Å². The molecule has 0 radical (unpaired) electrons. The Bertz CT molecular complexity index is 1090. The first-order chi connectivity index (χ1) is 16.3. The van der Waals surface area contributed by atoms with E-state index in [0.717, 1.165) is 37.4 Å². The van der Waals surface area contributed by atoms with Gasteiger partial charge in [0.1, 0.15) is 23.1 Å². The highest BCUT2D eigenvalue weighted by atomic mass is 19.1. The summed E-state index contributed by atoms with van der Waals surface area (Å²) in [4.78, 5) is 19.2. The summed E-state index contributed by atoms with van der Waals surface area (Å²) in [6, 6.07) is 5.00. The van der Waals surface area contributed by atoms with Crippen molar-refractivity contribution in [1.82, 2.24) is 19.8 Å². The molecule has 4 heterocycles. The lowest BCUT2D eigenvalue weighted by atomic mass is 9.82. The first kappa shape index (κ1) is 23.1. The number of nitrogens with one attached hydrogen (secondary N) is 1. The Labute approximate surface area is 200 Å². The monoisotopic (exact) mass is 470 g/mol. The number of piperidine rings is 2. The average molecular weight is 471 g/mol. The molecule has 1 spiro atoms. The fourth-order valence-electron chi connectivity index (χ4n) is 6.02. The summed E-state index contributed by atoms with van der Waals surface area (Å²) in [5.74, 6) is 1.54. The van der Waals surface area contributed by atoms with E-state index in [9.17, 15) is 4.79 Å². The van der Waals surface area contributed by atoms with E-state index < -0.39 is 5.60 Å². The van der Waals surface area contributed by atoms with E-state index >= 15 is 4.39 Å². The molecule has 3 aliphatic rings. The van der Waals surface area contributed by atoms with Crippen LogP contribution >= 0.6 is 0 Å². The largest absolute Gasteiger partial charge is 0.480 e. The SMILES string of the molecule is CCOC(=O)N1CCC2(CC1)Oc1cccc(F)c1-c1nc([C@@H]3CCNC(C)(C)C3)n(CC)c12. The molecule has 184 valence electrons. The van der Waals surface area contributed by atoms with Gasteiger partial charge in [0, 0.05) is 43.9 Å². The van der Waals surface area contributed by atoms with Gasteiger partial charge >= 0.3 is 6.09 Å². The van der Waals surface area contributed by atoms with Gasteiger partial charge in [-0.3, -0.25) is 0 Å². The number of rotatable bonds is 3. The van der Waals surface area contributed by atoms with Crippen LogP contribution in [0.4, 0.5) is 9.18 Å². The number of benzene rings is 1. The predicted molar refractivity (Wildman–Crippen MR) is 127 cm³/mol. The number of carbonyl (C=O) groups is 1. The highest BCUT2D eigenvalue weighted by Gasteiger charge is 2.49. The zero-order chi connectivity index (χ0) is 24.1. The van der Waals surface area contributed by atoms with Gasteiger partial charge in [0.05, 0.1) is 17.9 Å². The van der Waals surface area contributed by atoms with Crippen molar-refractivity contribution in [1.29, 1.82) is 0 Å². The van der Waals surface area contributed by atoms with Gasteiger partial charge in [-0.15, -0.1) is 0 Å². The fourth-order valence-corrected chi connectivity index (χ4v) is 6.02. The number of fused-ring (bicyclic) bond motifs is 4. The van der Waals surface area contributed by atoms with Crippen molar-refractivity contribution in [3.63, 3.8) is 0 Å². The molecule has 2 aromatic rings. The third kappa shape index (κ3) is 3.76. The van der Waals surface area contributed by atoms with Gasteiger partial charge < -0.3 is 24.3 Å². The number of hydrogen-bond donors (Lipinski definition) is 1. The smallest absolute Gasteiger partial charge is 0.409 e. The fraction of sp³-hybridized carbons (Fsp3) is 0.615. The van der Waals surface area contributed by atoms with Crippen LogP contribution < -0.4 is 10.1 Å². The van der Waals surface area contributed by atoms with E-state index in [0.29, 0.717) is 49.5 Å². The molecule has 34 heavy (non-hydrogen) atoms. The van der Waals surface area contributed by atoms with Crippen molar-refractivity contribution in [3.8, 4) is 17.0 Å². The minimum absolute atomic E-state index is 0.0241. The minimum atomic E-state index is -0.650. The summed E-state index contributed by atoms with van der Waals surface area (Å²) in [7, 11) is 0. The van der Waals surface area contributed by atoms with Crippen LogP contribution in [0.1, 0.15) is 70.8 Å². The summed E-state index contributed by atoms with van der Waals surface area (Å²) in [5, 5.41) is 3.59. The number of imidazole rings is 1. The van der Waals surface area contributed by atoms with Crippen LogP contribution in [0.3, 0.4) is 0 Å². The topological polar surface area (TPSA) is 68.6 Å². The molecule has 1 N–H and O–H groups in total. The summed E-state index contributed by atoms with van der Waals surface area (Å²) >= 11 is 0. The van der Waals surface area contributed by atoms with Gasteiger partial charge in [0.15, 0.2) is 5.60 Å². The number of carbonyl (C=O) groups excluding carboxylic acids is 1. The Hall–Kier alpha value is -2.61. The van der Waals surface area contributed by atoms with Gasteiger partial charge in [-0.05, 0) is 59.2 Å². The molecule has 7 nitrogen and oxygen atoms in total. The van der Waals surface area contributed by atoms with Gasteiger partial charge in [-0.25, -0.2) is 14.2 Å². The van der Waals surface area contributed by atoms with Gasteiger partial charge in [0.25, 0.3) is 0 Å². The zero-order valence-electron chi connectivity index (χ0n) is 20.6. The second-order valence-electron chi connectivity index (χ2n) is 10.3. The molecule has 2 saturated heterocycles. The number of hydrogen-bond acceptors (Lipinski definition) is 5. The van der Waals surface area contributed by atoms with Crippen LogP contribution in [0.15, 0.2) is 18.2 Å². The molecule has 8 heteroatoms. The van der Waals surface area contributed by atoms with Gasteiger partial charge in [0.2, 0.25) is 0 Å². The zero-order valence-corrected chi connectivity index (χ0v) is 20.6. The molecule has 1 amide bonds. The first-order valence-corrected chi connectivity index (χ1v) is 12.5. The standard InChI is InChI=1S/C26H35FN4O3/c1-5-31-22-21(29-23(31)17-10-13-28-25(3,4)16-17)20-18(27)8-7-9-19(20)34-26(22)11-14-30(15-12-26)24(32)33-6-2/h7-9,17,28H,5-6,10-16H2,1-4H3/t17-/m1/s1. The maximum Gasteiger partial charge on any atom is 0.409 e. The van der Waals surface area contributed by atoms with Crippen LogP contribution in [-0.4, -0.2) is 52.3 Å². The summed E-state index contributed by atoms with van der Waals surface area (Å²) in [5.41, 5.74) is 1.50. The molecule has 2 fully saturated rings. The summed E-state index contributed by atoms with van der Waals surface area (Å²) < 4.78 is 29.3. The van der Waals surface area contributed by atoms with Gasteiger partial charge in [-0.2, -0.15) is 0 Å². The summed E-state index contributed by atoms with van der Waals surface area (Å²) in [6.45, 7) is 11.4. The average Bonchev–Trinajstić information content (AvgIpc) is 3.20. The molecule has 0 bridgehead atoms. The van der Waals surface area contributed by atoms with Crippen molar-refractivity contribution < 1.29 is 18.7 Å². The molecule has 0 aliphatic carbocycles. The highest BCUT2D eigenvalue weighted by molar-refractivity contribution is 5.74. The number of halogens is 1. The molecule has 1 aromatic heterocycles. The number of ether oxygens (including phenoxy) is 2. The van der Waals surface area contributed by atoms with E-state index in [2.05, 4.69) is 30.7 Å². The summed E-state index contributed by atoms with van der Waals surface area (Å²) in [6.07, 6.45) is 2.89. The number of likely N-dealkylation sites (tertiary alicyclic amines) is 1. The number of aromatic nitrogens is 2. The number of nitrogens with zero attached hydrogens (tertiary/aromatic N) is 3. The maximum atomic E-state index is 15.2. The molecular formula is C26H35FN4O3. The van der Waals surface area contributed by atoms with Crippen molar-refractivity contribution in [3.05, 3.63) is 35.5 Å². The Morgan fingerprint density at radius 1 is 1.29 bits per heavy atom. The first-order valence-electron chi connectivity index (χ1n) is 12.5. The van der Waals surface area contributed by atoms with Crippen molar-refractivity contribution in [2.45, 2.75) is 77.0 Å². The molecule has 1 aromatic carbocycles. The van der Waals surface area contributed by atoms with E-state index in [1.807, 2.05) is 13.0 Å². The normalized spacial score (nSPS) is 22.6. The van der Waals surface area contributed by atoms with E-state index in [-0.39, 0.29) is 23.4 Å². The van der Waals surface area contributed by atoms with Crippen LogP contribution in [0.5, 0.6) is 5.75 Å². The third-order valence-corrected chi connectivity index (χ3v) is 7.58. The minimum Gasteiger partial charge on any atom is -0.480 e. The molecule has 1 atom stereocenters. The Morgan fingerprint density at radius 3 is 2.74 bits per heavy atom. The Kier molecular flexibility index (Phi) is 5.82. The van der Waals surface area contributed by atoms with Crippen LogP contribution in [0.25, 0.3) is 11.3 Å². The maximum absolute atomic E-state index is 15.2. The lowest BCUT2D eigenvalue weighted by Crippen LogP contribution is -2.50. The molecule has 5 rings (SSSR count). The lowest BCUT2D eigenvalue weighted by molar-refractivity contribution is -0.0109. The Morgan fingerprint density at radius 2 is 2.06 bits per heavy atom.